The minimum absolute atomic E-state index is 0.0718. The number of hydrogen-bond acceptors (Lipinski definition) is 6. The van der Waals surface area contributed by atoms with Gasteiger partial charge >= 0.3 is 0 Å². The summed E-state index contributed by atoms with van der Waals surface area (Å²) in [5.74, 6) is -0.0718. The first-order chi connectivity index (χ1) is 11.1. The summed E-state index contributed by atoms with van der Waals surface area (Å²) in [6, 6.07) is 7.42. The average molecular weight is 365 g/mol. The highest BCUT2D eigenvalue weighted by molar-refractivity contribution is 8.18. The molecule has 1 amide bonds. The maximum Gasteiger partial charge on any atom is 0.266 e. The Kier molecular flexibility index (Phi) is 4.79. The molecule has 1 fully saturated rings. The highest BCUT2D eigenvalue weighted by atomic mass is 35.5. The van der Waals surface area contributed by atoms with E-state index in [9.17, 15) is 4.79 Å². The molecule has 5 nitrogen and oxygen atoms in total. The van der Waals surface area contributed by atoms with Crippen molar-refractivity contribution in [2.45, 2.75) is 13.8 Å². The number of likely N-dealkylation sites (N-methyl/N-ethyl adjacent to an activating group) is 1. The average Bonchev–Trinajstić information content (AvgIpc) is 3.06. The van der Waals surface area contributed by atoms with Crippen molar-refractivity contribution in [1.82, 2.24) is 15.1 Å². The second-order valence-electron chi connectivity index (χ2n) is 4.68. The predicted molar refractivity (Wildman–Crippen MR) is 96.1 cm³/mol. The minimum Gasteiger partial charge on any atom is -0.287 e. The molecule has 23 heavy (non-hydrogen) atoms. The second-order valence-corrected chi connectivity index (χ2v) is 7.26. The van der Waals surface area contributed by atoms with Crippen molar-refractivity contribution in [3.8, 4) is 0 Å². The number of hydrogen-bond donors (Lipinski definition) is 0. The monoisotopic (exact) mass is 364 g/mol. The maximum atomic E-state index is 12.5. The predicted octanol–water partition coefficient (Wildman–Crippen LogP) is 4.12. The van der Waals surface area contributed by atoms with Crippen LogP contribution in [-0.2, 0) is 4.79 Å². The van der Waals surface area contributed by atoms with Gasteiger partial charge in [-0.05, 0) is 43.3 Å². The number of halogens is 1. The van der Waals surface area contributed by atoms with Crippen molar-refractivity contribution < 1.29 is 4.79 Å². The van der Waals surface area contributed by atoms with E-state index in [0.29, 0.717) is 26.8 Å². The van der Waals surface area contributed by atoms with Gasteiger partial charge in [0, 0.05) is 11.6 Å². The highest BCUT2D eigenvalue weighted by Crippen LogP contribution is 2.35. The summed E-state index contributed by atoms with van der Waals surface area (Å²) in [4.78, 5) is 19.2. The molecule has 1 saturated heterocycles. The fourth-order valence-corrected chi connectivity index (χ4v) is 3.86. The van der Waals surface area contributed by atoms with E-state index in [1.54, 1.807) is 17.0 Å². The number of benzene rings is 1. The molecule has 1 aromatic heterocycles. The number of thioether (sulfide) groups is 1. The molecule has 2 heterocycles. The van der Waals surface area contributed by atoms with Gasteiger partial charge in [-0.3, -0.25) is 9.69 Å². The van der Waals surface area contributed by atoms with E-state index in [1.165, 1.54) is 23.1 Å². The van der Waals surface area contributed by atoms with E-state index in [1.807, 2.05) is 32.0 Å². The lowest BCUT2D eigenvalue weighted by atomic mass is 10.2. The van der Waals surface area contributed by atoms with Crippen LogP contribution in [0.2, 0.25) is 5.02 Å². The molecule has 1 aromatic carbocycles. The Morgan fingerprint density at radius 1 is 1.35 bits per heavy atom. The molecule has 0 N–H and O–H groups in total. The van der Waals surface area contributed by atoms with Crippen LogP contribution in [0.4, 0.5) is 5.13 Å². The molecule has 0 bridgehead atoms. The molecule has 8 heteroatoms. The zero-order valence-corrected chi connectivity index (χ0v) is 14.9. The number of carbonyl (C=O) groups is 1. The van der Waals surface area contributed by atoms with Crippen LogP contribution in [-0.4, -0.2) is 32.7 Å². The number of carbonyl (C=O) groups excluding carboxylic acids is 1. The van der Waals surface area contributed by atoms with Crippen LogP contribution < -0.4 is 0 Å². The Hall–Kier alpha value is -1.70. The molecule has 3 rings (SSSR count). The smallest absolute Gasteiger partial charge is 0.266 e. The SMILES string of the molecule is CCN1C(=O)/C(=C/c2ccccc2Cl)S/C1=N/c1nnc(C)s1. The van der Waals surface area contributed by atoms with Crippen molar-refractivity contribution in [2.75, 3.05) is 6.54 Å². The van der Waals surface area contributed by atoms with Gasteiger partial charge in [0.15, 0.2) is 5.17 Å². The number of aliphatic imine (C=N–C) groups is 1. The van der Waals surface area contributed by atoms with E-state index < -0.39 is 0 Å². The van der Waals surface area contributed by atoms with Crippen LogP contribution in [0.25, 0.3) is 6.08 Å². The van der Waals surface area contributed by atoms with Crippen LogP contribution in [0.3, 0.4) is 0 Å². The highest BCUT2D eigenvalue weighted by Gasteiger charge is 2.32. The topological polar surface area (TPSA) is 58.5 Å². The van der Waals surface area contributed by atoms with Crippen molar-refractivity contribution >= 4 is 57.0 Å². The minimum atomic E-state index is -0.0718. The fourth-order valence-electron chi connectivity index (χ4n) is 2.02. The summed E-state index contributed by atoms with van der Waals surface area (Å²) in [5.41, 5.74) is 0.814. The first kappa shape index (κ1) is 16.2. The van der Waals surface area contributed by atoms with Crippen molar-refractivity contribution in [2.24, 2.45) is 4.99 Å². The number of amides is 1. The normalized spacial score (nSPS) is 18.4. The standard InChI is InChI=1S/C15H13ClN4OS2/c1-3-20-13(21)12(8-10-6-4-5-7-11(10)16)23-15(20)17-14-19-18-9(2)22-14/h4-8H,3H2,1-2H3/b12-8-,17-15+. The van der Waals surface area contributed by atoms with Crippen LogP contribution in [0, 0.1) is 6.92 Å². The zero-order chi connectivity index (χ0) is 16.4. The quantitative estimate of drug-likeness (QED) is 0.768. The third kappa shape index (κ3) is 3.46. The zero-order valence-electron chi connectivity index (χ0n) is 12.5. The van der Waals surface area contributed by atoms with Gasteiger partial charge in [-0.25, -0.2) is 0 Å². The van der Waals surface area contributed by atoms with Gasteiger partial charge in [-0.15, -0.1) is 10.2 Å². The molecule has 118 valence electrons. The van der Waals surface area contributed by atoms with E-state index in [-0.39, 0.29) is 5.91 Å². The molecule has 0 unspecified atom stereocenters. The first-order valence-corrected chi connectivity index (χ1v) is 8.94. The lowest BCUT2D eigenvalue weighted by molar-refractivity contribution is -0.122. The molecule has 2 aromatic rings. The van der Waals surface area contributed by atoms with Crippen LogP contribution in [0.1, 0.15) is 17.5 Å². The fraction of sp³-hybridized carbons (Fsp3) is 0.200. The first-order valence-electron chi connectivity index (χ1n) is 6.93. The Morgan fingerprint density at radius 2 is 2.13 bits per heavy atom. The largest absolute Gasteiger partial charge is 0.287 e. The molecular weight excluding hydrogens is 352 g/mol. The summed E-state index contributed by atoms with van der Waals surface area (Å²) in [6.45, 7) is 4.33. The summed E-state index contributed by atoms with van der Waals surface area (Å²) >= 11 is 8.89. The van der Waals surface area contributed by atoms with Gasteiger partial charge in [0.2, 0.25) is 5.13 Å². The van der Waals surface area contributed by atoms with Crippen molar-refractivity contribution in [3.63, 3.8) is 0 Å². The van der Waals surface area contributed by atoms with Gasteiger partial charge in [0.1, 0.15) is 5.01 Å². The Morgan fingerprint density at radius 3 is 2.78 bits per heavy atom. The van der Waals surface area contributed by atoms with Crippen molar-refractivity contribution in [3.05, 3.63) is 44.8 Å². The van der Waals surface area contributed by atoms with Crippen molar-refractivity contribution in [1.29, 1.82) is 0 Å². The Balaban J connectivity index is 1.95. The molecule has 1 aliphatic heterocycles. The summed E-state index contributed by atoms with van der Waals surface area (Å²) in [6.07, 6.45) is 1.80. The molecule has 0 spiro atoms. The van der Waals surface area contributed by atoms with Gasteiger partial charge in [0.05, 0.1) is 4.91 Å². The van der Waals surface area contributed by atoms with E-state index in [2.05, 4.69) is 15.2 Å². The van der Waals surface area contributed by atoms with Crippen LogP contribution in [0.5, 0.6) is 0 Å². The van der Waals surface area contributed by atoms with Gasteiger partial charge < -0.3 is 0 Å². The van der Waals surface area contributed by atoms with Crippen LogP contribution >= 0.6 is 34.7 Å². The van der Waals surface area contributed by atoms with E-state index in [0.717, 1.165) is 10.6 Å². The number of nitrogens with zero attached hydrogens (tertiary/aromatic N) is 4. The summed E-state index contributed by atoms with van der Waals surface area (Å²) < 4.78 is 0. The van der Waals surface area contributed by atoms with Gasteiger partial charge in [0.25, 0.3) is 5.91 Å². The summed E-state index contributed by atoms with van der Waals surface area (Å²) in [7, 11) is 0. The molecular formula is C15H13ClN4OS2. The van der Waals surface area contributed by atoms with E-state index in [4.69, 9.17) is 11.6 Å². The van der Waals surface area contributed by atoms with E-state index >= 15 is 0 Å². The Labute approximate surface area is 147 Å². The van der Waals surface area contributed by atoms with Gasteiger partial charge in [-0.1, -0.05) is 41.1 Å². The molecule has 0 saturated carbocycles. The molecule has 1 aliphatic rings. The second kappa shape index (κ2) is 6.82. The lowest BCUT2D eigenvalue weighted by Crippen LogP contribution is -2.28. The maximum absolute atomic E-state index is 12.5. The molecule has 0 atom stereocenters. The third-order valence-corrected chi connectivity index (χ3v) is 5.19. The number of aromatic nitrogens is 2. The molecule has 0 aliphatic carbocycles. The number of amidine groups is 1. The third-order valence-electron chi connectivity index (χ3n) is 3.10. The number of aryl methyl sites for hydroxylation is 1. The van der Waals surface area contributed by atoms with Gasteiger partial charge in [-0.2, -0.15) is 4.99 Å². The lowest BCUT2D eigenvalue weighted by Gasteiger charge is -2.11. The van der Waals surface area contributed by atoms with Crippen LogP contribution in [0.15, 0.2) is 34.2 Å². The molecule has 0 radical (unpaired) electrons. The Bertz CT molecular complexity index is 815. The number of rotatable bonds is 3. The summed E-state index contributed by atoms with van der Waals surface area (Å²) in [5, 5.41) is 10.6.